The zero-order chi connectivity index (χ0) is 13.1. The third-order valence-electron chi connectivity index (χ3n) is 2.14. The van der Waals surface area contributed by atoms with Gasteiger partial charge in [0.1, 0.15) is 0 Å². The molecule has 94 valence electrons. The van der Waals surface area contributed by atoms with Crippen LogP contribution in [0.2, 0.25) is 10.0 Å². The smallest absolute Gasteiger partial charge is 0.308 e. The average Bonchev–Trinajstić information content (AvgIpc) is 2.69. The Balaban J connectivity index is 2.00. The van der Waals surface area contributed by atoms with Gasteiger partial charge in [0.15, 0.2) is 0 Å². The van der Waals surface area contributed by atoms with Gasteiger partial charge in [0.25, 0.3) is 0 Å². The van der Waals surface area contributed by atoms with E-state index < -0.39 is 0 Å². The average molecular weight is 285 g/mol. The van der Waals surface area contributed by atoms with Crippen LogP contribution in [-0.2, 0) is 7.05 Å². The van der Waals surface area contributed by atoms with E-state index in [1.54, 1.807) is 42.3 Å². The van der Waals surface area contributed by atoms with Gasteiger partial charge < -0.3 is 10.6 Å². The summed E-state index contributed by atoms with van der Waals surface area (Å²) in [6.07, 6.45) is 3.24. The Morgan fingerprint density at radius 2 is 1.94 bits per heavy atom. The fraction of sp³-hybridized carbons (Fsp3) is 0.0909. The molecule has 1 aromatic carbocycles. The minimum absolute atomic E-state index is 0.374. The third kappa shape index (κ3) is 3.15. The highest BCUT2D eigenvalue weighted by Crippen LogP contribution is 2.25. The number of hydrogen-bond donors (Lipinski definition) is 2. The maximum absolute atomic E-state index is 11.7. The summed E-state index contributed by atoms with van der Waals surface area (Å²) in [5.74, 6) is 0. The minimum Gasteiger partial charge on any atom is -0.308 e. The molecule has 2 N–H and O–H groups in total. The first kappa shape index (κ1) is 12.7. The number of aromatic nitrogens is 2. The van der Waals surface area contributed by atoms with Crippen LogP contribution in [0.25, 0.3) is 0 Å². The van der Waals surface area contributed by atoms with Crippen LogP contribution in [0.5, 0.6) is 0 Å². The molecule has 0 unspecified atom stereocenters. The highest BCUT2D eigenvalue weighted by molar-refractivity contribution is 6.42. The van der Waals surface area contributed by atoms with Gasteiger partial charge in [-0.3, -0.25) is 4.68 Å². The first-order valence-corrected chi connectivity index (χ1v) is 5.82. The summed E-state index contributed by atoms with van der Waals surface area (Å²) in [5.41, 5.74) is 1.17. The molecule has 2 rings (SSSR count). The normalized spacial score (nSPS) is 10.2. The fourth-order valence-corrected chi connectivity index (χ4v) is 1.65. The molecule has 0 saturated heterocycles. The van der Waals surface area contributed by atoms with Crippen molar-refractivity contribution in [2.24, 2.45) is 7.05 Å². The topological polar surface area (TPSA) is 59.0 Å². The van der Waals surface area contributed by atoms with E-state index in [2.05, 4.69) is 15.7 Å². The van der Waals surface area contributed by atoms with Crippen LogP contribution < -0.4 is 10.6 Å². The summed E-state index contributed by atoms with van der Waals surface area (Å²) in [6.45, 7) is 0. The standard InChI is InChI=1S/C11H10Cl2N4O/c1-17-6-8(5-14-17)16-11(18)15-7-2-3-9(12)10(13)4-7/h2-6H,1H3,(H2,15,16,18). The molecule has 0 bridgehead atoms. The zero-order valence-electron chi connectivity index (χ0n) is 9.45. The lowest BCUT2D eigenvalue weighted by molar-refractivity contribution is 0.262. The number of nitrogens with one attached hydrogen (secondary N) is 2. The lowest BCUT2D eigenvalue weighted by Gasteiger charge is -2.06. The molecule has 2 aromatic rings. The van der Waals surface area contributed by atoms with Gasteiger partial charge in [0.05, 0.1) is 21.9 Å². The van der Waals surface area contributed by atoms with Crippen LogP contribution in [0.3, 0.4) is 0 Å². The summed E-state index contributed by atoms with van der Waals surface area (Å²) in [7, 11) is 1.77. The molecular weight excluding hydrogens is 275 g/mol. The van der Waals surface area contributed by atoms with Crippen molar-refractivity contribution in [3.8, 4) is 0 Å². The molecule has 0 aliphatic heterocycles. The molecule has 1 aromatic heterocycles. The van der Waals surface area contributed by atoms with Crippen molar-refractivity contribution >= 4 is 40.6 Å². The van der Waals surface area contributed by atoms with E-state index >= 15 is 0 Å². The van der Waals surface area contributed by atoms with E-state index in [0.29, 0.717) is 21.4 Å². The van der Waals surface area contributed by atoms with Crippen molar-refractivity contribution < 1.29 is 4.79 Å². The van der Waals surface area contributed by atoms with Gasteiger partial charge >= 0.3 is 6.03 Å². The number of aryl methyl sites for hydroxylation is 1. The second kappa shape index (κ2) is 5.29. The number of carbonyl (C=O) groups excluding carboxylic acids is 1. The molecule has 7 heteroatoms. The van der Waals surface area contributed by atoms with Crippen LogP contribution >= 0.6 is 23.2 Å². The molecule has 0 saturated carbocycles. The van der Waals surface area contributed by atoms with E-state index in [1.165, 1.54) is 0 Å². The summed E-state index contributed by atoms with van der Waals surface area (Å²) in [5, 5.41) is 10.0. The molecule has 0 atom stereocenters. The molecule has 18 heavy (non-hydrogen) atoms. The number of rotatable bonds is 2. The lowest BCUT2D eigenvalue weighted by atomic mass is 10.3. The molecule has 0 spiro atoms. The van der Waals surface area contributed by atoms with Gasteiger partial charge in [-0.2, -0.15) is 5.10 Å². The third-order valence-corrected chi connectivity index (χ3v) is 2.88. The first-order chi connectivity index (χ1) is 8.54. The molecule has 5 nitrogen and oxygen atoms in total. The van der Waals surface area contributed by atoms with Crippen molar-refractivity contribution in [2.75, 3.05) is 10.6 Å². The lowest BCUT2D eigenvalue weighted by Crippen LogP contribution is -2.19. The van der Waals surface area contributed by atoms with Crippen molar-refractivity contribution in [3.63, 3.8) is 0 Å². The highest BCUT2D eigenvalue weighted by Gasteiger charge is 2.05. The van der Waals surface area contributed by atoms with Gasteiger partial charge in [-0.1, -0.05) is 23.2 Å². The molecule has 0 radical (unpaired) electrons. The van der Waals surface area contributed by atoms with E-state index in [9.17, 15) is 4.79 Å². The maximum Gasteiger partial charge on any atom is 0.323 e. The molecule has 1 heterocycles. The SMILES string of the molecule is Cn1cc(NC(=O)Nc2ccc(Cl)c(Cl)c2)cn1. The predicted molar refractivity (Wildman–Crippen MR) is 72.3 cm³/mol. The van der Waals surface area contributed by atoms with E-state index in [-0.39, 0.29) is 6.03 Å². The van der Waals surface area contributed by atoms with Gasteiger partial charge in [-0.05, 0) is 18.2 Å². The van der Waals surface area contributed by atoms with Gasteiger partial charge in [-0.15, -0.1) is 0 Å². The van der Waals surface area contributed by atoms with Gasteiger partial charge in [0.2, 0.25) is 0 Å². The van der Waals surface area contributed by atoms with Crippen LogP contribution in [0.4, 0.5) is 16.2 Å². The Hall–Kier alpha value is -1.72. The largest absolute Gasteiger partial charge is 0.323 e. The molecule has 0 fully saturated rings. The highest BCUT2D eigenvalue weighted by atomic mass is 35.5. The van der Waals surface area contributed by atoms with Gasteiger partial charge in [0, 0.05) is 18.9 Å². The number of halogens is 2. The summed E-state index contributed by atoms with van der Waals surface area (Å²) < 4.78 is 1.59. The van der Waals surface area contributed by atoms with E-state index in [1.807, 2.05) is 0 Å². The zero-order valence-corrected chi connectivity index (χ0v) is 11.0. The number of nitrogens with zero attached hydrogens (tertiary/aromatic N) is 2. The van der Waals surface area contributed by atoms with Crippen molar-refractivity contribution in [1.29, 1.82) is 0 Å². The van der Waals surface area contributed by atoms with Gasteiger partial charge in [-0.25, -0.2) is 4.79 Å². The van der Waals surface area contributed by atoms with E-state index in [4.69, 9.17) is 23.2 Å². The van der Waals surface area contributed by atoms with Crippen molar-refractivity contribution in [3.05, 3.63) is 40.6 Å². The maximum atomic E-state index is 11.7. The second-order valence-electron chi connectivity index (χ2n) is 3.61. The Morgan fingerprint density at radius 1 is 1.22 bits per heavy atom. The van der Waals surface area contributed by atoms with E-state index in [0.717, 1.165) is 0 Å². The van der Waals surface area contributed by atoms with Crippen LogP contribution in [-0.4, -0.2) is 15.8 Å². The molecular formula is C11H10Cl2N4O. The van der Waals surface area contributed by atoms with Crippen molar-refractivity contribution in [1.82, 2.24) is 9.78 Å². The van der Waals surface area contributed by atoms with Crippen LogP contribution in [0.15, 0.2) is 30.6 Å². The first-order valence-electron chi connectivity index (χ1n) is 5.06. The summed E-state index contributed by atoms with van der Waals surface area (Å²) in [4.78, 5) is 11.7. The monoisotopic (exact) mass is 284 g/mol. The number of urea groups is 1. The number of carbonyl (C=O) groups is 1. The Labute approximate surface area is 114 Å². The molecule has 0 aliphatic carbocycles. The summed E-state index contributed by atoms with van der Waals surface area (Å²) in [6, 6.07) is 4.48. The quantitative estimate of drug-likeness (QED) is 0.888. The van der Waals surface area contributed by atoms with Crippen LogP contribution in [0.1, 0.15) is 0 Å². The molecule has 0 aliphatic rings. The Bertz CT molecular complexity index is 582. The van der Waals surface area contributed by atoms with Crippen molar-refractivity contribution in [2.45, 2.75) is 0 Å². The Kier molecular flexibility index (Phi) is 3.74. The minimum atomic E-state index is -0.374. The summed E-state index contributed by atoms with van der Waals surface area (Å²) >= 11 is 11.6. The molecule has 2 amide bonds. The number of benzene rings is 1. The number of anilines is 2. The second-order valence-corrected chi connectivity index (χ2v) is 4.43. The Morgan fingerprint density at radius 3 is 2.56 bits per heavy atom. The fourth-order valence-electron chi connectivity index (χ4n) is 1.35. The predicted octanol–water partition coefficient (Wildman–Crippen LogP) is 3.37. The number of hydrogen-bond acceptors (Lipinski definition) is 2. The van der Waals surface area contributed by atoms with Crippen LogP contribution in [0, 0.1) is 0 Å². The number of amides is 2.